The lowest BCUT2D eigenvalue weighted by molar-refractivity contribution is 0.199. The molecule has 1 saturated heterocycles. The highest BCUT2D eigenvalue weighted by Gasteiger charge is 2.21. The van der Waals surface area contributed by atoms with Crippen molar-refractivity contribution in [2.45, 2.75) is 51.1 Å². The first kappa shape index (κ1) is 11.2. The molecule has 4 nitrogen and oxygen atoms in total. The molecule has 0 spiro atoms. The van der Waals surface area contributed by atoms with Gasteiger partial charge < -0.3 is 5.73 Å². The second-order valence-electron chi connectivity index (χ2n) is 5.47. The molecule has 1 aliphatic heterocycles. The Morgan fingerprint density at radius 2 is 2.18 bits per heavy atom. The number of aromatic amines is 1. The lowest BCUT2D eigenvalue weighted by atomic mass is 9.95. The van der Waals surface area contributed by atoms with Gasteiger partial charge in [-0.15, -0.1) is 0 Å². The Hall–Kier alpha value is -0.870. The molecule has 1 aromatic rings. The summed E-state index contributed by atoms with van der Waals surface area (Å²) in [4.78, 5) is 2.46. The average molecular weight is 234 g/mol. The number of H-pyrrole nitrogens is 1. The van der Waals surface area contributed by atoms with Crippen LogP contribution in [0.25, 0.3) is 0 Å². The second-order valence-corrected chi connectivity index (χ2v) is 5.47. The van der Waals surface area contributed by atoms with Gasteiger partial charge in [-0.1, -0.05) is 0 Å². The summed E-state index contributed by atoms with van der Waals surface area (Å²) >= 11 is 0. The van der Waals surface area contributed by atoms with Crippen LogP contribution >= 0.6 is 0 Å². The number of fused-ring (bicyclic) bond motifs is 1. The first-order chi connectivity index (χ1) is 8.33. The van der Waals surface area contributed by atoms with Gasteiger partial charge in [0.05, 0.1) is 5.69 Å². The lowest BCUT2D eigenvalue weighted by Crippen LogP contribution is -2.42. The van der Waals surface area contributed by atoms with E-state index in [1.54, 1.807) is 0 Å². The number of hydrogen-bond donors (Lipinski definition) is 2. The van der Waals surface area contributed by atoms with Crippen LogP contribution in [0.4, 0.5) is 0 Å². The summed E-state index contributed by atoms with van der Waals surface area (Å²) in [5.41, 5.74) is 10.2. The molecule has 2 heterocycles. The first-order valence-electron chi connectivity index (χ1n) is 6.86. The van der Waals surface area contributed by atoms with Gasteiger partial charge in [-0.2, -0.15) is 5.10 Å². The maximum Gasteiger partial charge on any atom is 0.0797 e. The van der Waals surface area contributed by atoms with Crippen LogP contribution in [-0.2, 0) is 19.4 Å². The zero-order valence-corrected chi connectivity index (χ0v) is 10.4. The first-order valence-corrected chi connectivity index (χ1v) is 6.86. The number of piperidine rings is 1. The number of aryl methyl sites for hydroxylation is 1. The van der Waals surface area contributed by atoms with Crippen LogP contribution in [0.1, 0.15) is 42.6 Å². The van der Waals surface area contributed by atoms with Crippen molar-refractivity contribution in [2.75, 3.05) is 13.1 Å². The number of nitrogens with zero attached hydrogens (tertiary/aromatic N) is 2. The van der Waals surface area contributed by atoms with E-state index in [4.69, 9.17) is 5.73 Å². The topological polar surface area (TPSA) is 57.9 Å². The highest BCUT2D eigenvalue weighted by atomic mass is 15.2. The highest BCUT2D eigenvalue weighted by molar-refractivity contribution is 5.27. The molecule has 0 bridgehead atoms. The molecule has 94 valence electrons. The third-order valence-corrected chi connectivity index (χ3v) is 4.06. The molecule has 17 heavy (non-hydrogen) atoms. The van der Waals surface area contributed by atoms with Gasteiger partial charge in [-0.25, -0.2) is 0 Å². The van der Waals surface area contributed by atoms with Crippen molar-refractivity contribution in [3.8, 4) is 0 Å². The fourth-order valence-corrected chi connectivity index (χ4v) is 3.13. The molecular formula is C13H22N4. The Kier molecular flexibility index (Phi) is 3.16. The van der Waals surface area contributed by atoms with Crippen molar-refractivity contribution in [1.29, 1.82) is 0 Å². The minimum Gasteiger partial charge on any atom is -0.327 e. The molecule has 3 N–H and O–H groups in total. The molecule has 3 rings (SSSR count). The highest BCUT2D eigenvalue weighted by Crippen LogP contribution is 2.23. The van der Waals surface area contributed by atoms with Crippen molar-refractivity contribution in [3.63, 3.8) is 0 Å². The zero-order valence-electron chi connectivity index (χ0n) is 10.4. The molecule has 0 saturated carbocycles. The number of likely N-dealkylation sites (tertiary alicyclic amines) is 1. The van der Waals surface area contributed by atoms with E-state index >= 15 is 0 Å². The van der Waals surface area contributed by atoms with E-state index in [0.717, 1.165) is 13.1 Å². The fourth-order valence-electron chi connectivity index (χ4n) is 3.13. The summed E-state index contributed by atoms with van der Waals surface area (Å²) in [6.07, 6.45) is 7.42. The van der Waals surface area contributed by atoms with E-state index in [9.17, 15) is 0 Å². The van der Waals surface area contributed by atoms with Crippen molar-refractivity contribution in [2.24, 2.45) is 5.73 Å². The van der Waals surface area contributed by atoms with E-state index < -0.39 is 0 Å². The predicted molar refractivity (Wildman–Crippen MR) is 67.7 cm³/mol. The normalized spacial score (nSPS) is 25.8. The number of nitrogens with one attached hydrogen (secondary N) is 1. The molecular weight excluding hydrogens is 212 g/mol. The van der Waals surface area contributed by atoms with Crippen molar-refractivity contribution < 1.29 is 0 Å². The minimum atomic E-state index is 0.360. The summed E-state index contributed by atoms with van der Waals surface area (Å²) in [6.45, 7) is 3.19. The quantitative estimate of drug-likeness (QED) is 0.808. The van der Waals surface area contributed by atoms with E-state index in [2.05, 4.69) is 15.1 Å². The molecule has 4 heteroatoms. The van der Waals surface area contributed by atoms with Gasteiger partial charge in [0.1, 0.15) is 0 Å². The summed E-state index contributed by atoms with van der Waals surface area (Å²) in [5, 5.41) is 7.73. The van der Waals surface area contributed by atoms with E-state index in [-0.39, 0.29) is 0 Å². The predicted octanol–water partition coefficient (Wildman–Crippen LogP) is 1.21. The van der Waals surface area contributed by atoms with Crippen LogP contribution in [0, 0.1) is 0 Å². The van der Waals surface area contributed by atoms with Gasteiger partial charge in [0.2, 0.25) is 0 Å². The van der Waals surface area contributed by atoms with E-state index in [1.165, 1.54) is 62.0 Å². The smallest absolute Gasteiger partial charge is 0.0797 e. The van der Waals surface area contributed by atoms with Gasteiger partial charge >= 0.3 is 0 Å². The lowest BCUT2D eigenvalue weighted by Gasteiger charge is -2.30. The molecule has 1 fully saturated rings. The maximum absolute atomic E-state index is 6.02. The molecule has 1 unspecified atom stereocenters. The number of rotatable bonds is 2. The summed E-state index contributed by atoms with van der Waals surface area (Å²) in [5.74, 6) is 0. The van der Waals surface area contributed by atoms with Crippen molar-refractivity contribution >= 4 is 0 Å². The molecule has 0 amide bonds. The summed E-state index contributed by atoms with van der Waals surface area (Å²) in [6, 6.07) is 0.360. The minimum absolute atomic E-state index is 0.360. The van der Waals surface area contributed by atoms with Gasteiger partial charge in [0.25, 0.3) is 0 Å². The van der Waals surface area contributed by atoms with Gasteiger partial charge in [0, 0.05) is 24.8 Å². The van der Waals surface area contributed by atoms with Crippen LogP contribution in [0.15, 0.2) is 0 Å². The maximum atomic E-state index is 6.02. The number of aromatic nitrogens is 2. The van der Waals surface area contributed by atoms with Crippen molar-refractivity contribution in [1.82, 2.24) is 15.1 Å². The molecule has 2 aliphatic rings. The van der Waals surface area contributed by atoms with Crippen LogP contribution < -0.4 is 5.73 Å². The summed E-state index contributed by atoms with van der Waals surface area (Å²) < 4.78 is 0. The van der Waals surface area contributed by atoms with E-state index in [0.29, 0.717) is 6.04 Å². The SMILES string of the molecule is NC1CCCN(Cc2n[nH]c3c2CCCC3)C1. The Balaban J connectivity index is 1.70. The molecule has 1 atom stereocenters. The monoisotopic (exact) mass is 234 g/mol. The standard InChI is InChI=1S/C13H22N4/c14-10-4-3-7-17(8-10)9-13-11-5-1-2-6-12(11)15-16-13/h10H,1-9,14H2,(H,15,16). The Morgan fingerprint density at radius 1 is 1.29 bits per heavy atom. The second kappa shape index (κ2) is 4.78. The molecule has 1 aliphatic carbocycles. The van der Waals surface area contributed by atoms with Crippen molar-refractivity contribution in [3.05, 3.63) is 17.0 Å². The zero-order chi connectivity index (χ0) is 11.7. The summed E-state index contributed by atoms with van der Waals surface area (Å²) in [7, 11) is 0. The largest absolute Gasteiger partial charge is 0.327 e. The van der Waals surface area contributed by atoms with E-state index in [1.807, 2.05) is 0 Å². The van der Waals surface area contributed by atoms with Gasteiger partial charge in [-0.3, -0.25) is 10.00 Å². The van der Waals surface area contributed by atoms with Crippen LogP contribution in [-0.4, -0.2) is 34.2 Å². The fraction of sp³-hybridized carbons (Fsp3) is 0.769. The van der Waals surface area contributed by atoms with Crippen LogP contribution in [0.2, 0.25) is 0 Å². The third kappa shape index (κ3) is 2.38. The number of nitrogens with two attached hydrogens (primary N) is 1. The third-order valence-electron chi connectivity index (χ3n) is 4.06. The molecule has 0 radical (unpaired) electrons. The number of hydrogen-bond acceptors (Lipinski definition) is 3. The molecule has 0 aromatic carbocycles. The Bertz CT molecular complexity index is 385. The average Bonchev–Trinajstić information content (AvgIpc) is 2.73. The van der Waals surface area contributed by atoms with Gasteiger partial charge in [-0.05, 0) is 50.6 Å². The Morgan fingerprint density at radius 3 is 3.06 bits per heavy atom. The molecule has 1 aromatic heterocycles. The Labute approximate surface area is 103 Å². The van der Waals surface area contributed by atoms with Crippen LogP contribution in [0.3, 0.4) is 0 Å². The van der Waals surface area contributed by atoms with Crippen LogP contribution in [0.5, 0.6) is 0 Å². The van der Waals surface area contributed by atoms with Gasteiger partial charge in [0.15, 0.2) is 0 Å².